The molecular formula is C32H30O7. The Bertz CT molecular complexity index is 1430. The van der Waals surface area contributed by atoms with Gasteiger partial charge in [-0.15, -0.1) is 0 Å². The van der Waals surface area contributed by atoms with Crippen molar-refractivity contribution < 1.29 is 33.2 Å². The molecule has 0 aliphatic heterocycles. The third-order valence-corrected chi connectivity index (χ3v) is 5.92. The lowest BCUT2D eigenvalue weighted by Crippen LogP contribution is -2.02. The minimum atomic E-state index is -0.455. The molecule has 0 unspecified atom stereocenters. The van der Waals surface area contributed by atoms with Gasteiger partial charge in [0, 0.05) is 0 Å². The molecule has 4 aromatic rings. The molecule has 0 spiro atoms. The van der Waals surface area contributed by atoms with Crippen molar-refractivity contribution in [3.63, 3.8) is 0 Å². The van der Waals surface area contributed by atoms with Gasteiger partial charge in [-0.25, -0.2) is 4.79 Å². The standard InChI is InChI=1S/C32H30O7/c1-34-27-18-19-29(36-3)31(38-21-23-8-6-5-7-9-23)26(27)16-12-22-10-14-25(15-11-22)39-30-20-24(32(33)37-4)13-17-28(30)35-2/h5-20H,21H2,1-4H3/b16-12-. The molecule has 4 rings (SSSR count). The summed E-state index contributed by atoms with van der Waals surface area (Å²) in [7, 11) is 6.10. The number of carbonyl (C=O) groups excluding carboxylic acids is 1. The van der Waals surface area contributed by atoms with Gasteiger partial charge in [-0.3, -0.25) is 0 Å². The van der Waals surface area contributed by atoms with Crippen molar-refractivity contribution in [2.24, 2.45) is 0 Å². The molecule has 0 saturated heterocycles. The van der Waals surface area contributed by atoms with Crippen molar-refractivity contribution in [1.29, 1.82) is 0 Å². The minimum Gasteiger partial charge on any atom is -0.496 e. The summed E-state index contributed by atoms with van der Waals surface area (Å²) in [6.45, 7) is 0.387. The van der Waals surface area contributed by atoms with Gasteiger partial charge in [0.25, 0.3) is 0 Å². The van der Waals surface area contributed by atoms with Gasteiger partial charge in [0.15, 0.2) is 23.0 Å². The average molecular weight is 527 g/mol. The molecule has 39 heavy (non-hydrogen) atoms. The number of esters is 1. The highest BCUT2D eigenvalue weighted by atomic mass is 16.5. The molecule has 0 fully saturated rings. The van der Waals surface area contributed by atoms with Crippen LogP contribution in [0, 0.1) is 0 Å². The van der Waals surface area contributed by atoms with Gasteiger partial charge in [0.2, 0.25) is 0 Å². The van der Waals surface area contributed by atoms with E-state index in [0.29, 0.717) is 46.7 Å². The molecule has 200 valence electrons. The predicted octanol–water partition coefficient (Wildman–Crippen LogP) is 7.04. The Balaban J connectivity index is 1.56. The van der Waals surface area contributed by atoms with Gasteiger partial charge >= 0.3 is 5.97 Å². The SMILES string of the molecule is COC(=O)c1ccc(OC)c(Oc2ccc(/C=C\c3c(OC)ccc(OC)c3OCc3ccccc3)cc2)c1. The van der Waals surface area contributed by atoms with Crippen molar-refractivity contribution >= 4 is 18.1 Å². The molecule has 0 amide bonds. The van der Waals surface area contributed by atoms with E-state index >= 15 is 0 Å². The minimum absolute atomic E-state index is 0.366. The number of hydrogen-bond donors (Lipinski definition) is 0. The molecule has 0 aliphatic rings. The normalized spacial score (nSPS) is 10.7. The topological polar surface area (TPSA) is 72.5 Å². The number of hydrogen-bond acceptors (Lipinski definition) is 7. The number of benzene rings is 4. The number of rotatable bonds is 11. The van der Waals surface area contributed by atoms with E-state index in [-0.39, 0.29) is 0 Å². The van der Waals surface area contributed by atoms with Crippen molar-refractivity contribution in [3.8, 4) is 34.5 Å². The maximum atomic E-state index is 11.9. The highest BCUT2D eigenvalue weighted by molar-refractivity contribution is 5.90. The van der Waals surface area contributed by atoms with E-state index in [9.17, 15) is 4.79 Å². The van der Waals surface area contributed by atoms with Crippen LogP contribution in [0.2, 0.25) is 0 Å². The third kappa shape index (κ3) is 6.70. The van der Waals surface area contributed by atoms with Gasteiger partial charge in [0.1, 0.15) is 18.1 Å². The summed E-state index contributed by atoms with van der Waals surface area (Å²) in [5, 5.41) is 0. The molecule has 0 heterocycles. The van der Waals surface area contributed by atoms with Crippen molar-refractivity contribution in [2.75, 3.05) is 28.4 Å². The lowest BCUT2D eigenvalue weighted by atomic mass is 10.1. The first-order valence-electron chi connectivity index (χ1n) is 12.2. The van der Waals surface area contributed by atoms with Crippen LogP contribution in [0.15, 0.2) is 84.9 Å². The van der Waals surface area contributed by atoms with Crippen molar-refractivity contribution in [3.05, 3.63) is 107 Å². The van der Waals surface area contributed by atoms with Crippen LogP contribution in [-0.4, -0.2) is 34.4 Å². The Morgan fingerprint density at radius 3 is 2.03 bits per heavy atom. The van der Waals surface area contributed by atoms with Crippen LogP contribution >= 0.6 is 0 Å². The Morgan fingerprint density at radius 1 is 0.692 bits per heavy atom. The molecule has 4 aromatic carbocycles. The van der Waals surface area contributed by atoms with E-state index < -0.39 is 5.97 Å². The fourth-order valence-electron chi connectivity index (χ4n) is 3.89. The van der Waals surface area contributed by atoms with Crippen molar-refractivity contribution in [1.82, 2.24) is 0 Å². The van der Waals surface area contributed by atoms with E-state index in [2.05, 4.69) is 0 Å². The molecule has 0 saturated carbocycles. The van der Waals surface area contributed by atoms with Gasteiger partial charge in [-0.05, 0) is 59.7 Å². The Labute approximate surface area is 228 Å². The molecule has 7 nitrogen and oxygen atoms in total. The van der Waals surface area contributed by atoms with Gasteiger partial charge in [-0.1, -0.05) is 48.5 Å². The molecule has 0 N–H and O–H groups in total. The van der Waals surface area contributed by atoms with Crippen LogP contribution in [0.5, 0.6) is 34.5 Å². The Kier molecular flexibility index (Phi) is 9.08. The number of methoxy groups -OCH3 is 4. The average Bonchev–Trinajstić information content (AvgIpc) is 2.99. The third-order valence-electron chi connectivity index (χ3n) is 5.92. The first-order chi connectivity index (χ1) is 19.1. The first kappa shape index (κ1) is 27.1. The van der Waals surface area contributed by atoms with Crippen molar-refractivity contribution in [2.45, 2.75) is 6.61 Å². The zero-order chi connectivity index (χ0) is 27.6. The second-order valence-corrected chi connectivity index (χ2v) is 8.35. The van der Waals surface area contributed by atoms with Crippen LogP contribution in [0.3, 0.4) is 0 Å². The van der Waals surface area contributed by atoms with Gasteiger partial charge < -0.3 is 28.4 Å². The lowest BCUT2D eigenvalue weighted by molar-refractivity contribution is 0.0600. The summed E-state index contributed by atoms with van der Waals surface area (Å²) in [5.74, 6) is 2.89. The van der Waals surface area contributed by atoms with E-state index in [0.717, 1.165) is 16.7 Å². The smallest absolute Gasteiger partial charge is 0.337 e. The summed E-state index contributed by atoms with van der Waals surface area (Å²) in [5.41, 5.74) is 3.10. The van der Waals surface area contributed by atoms with Crippen LogP contribution in [0.25, 0.3) is 12.2 Å². The molecule has 0 atom stereocenters. The number of carbonyl (C=O) groups is 1. The van der Waals surface area contributed by atoms with E-state index in [1.54, 1.807) is 39.5 Å². The molecule has 0 bridgehead atoms. The van der Waals surface area contributed by atoms with E-state index in [1.807, 2.05) is 78.9 Å². The summed E-state index contributed by atoms with van der Waals surface area (Å²) >= 11 is 0. The van der Waals surface area contributed by atoms with Crippen LogP contribution in [0.1, 0.15) is 27.0 Å². The van der Waals surface area contributed by atoms with E-state index in [4.69, 9.17) is 28.4 Å². The predicted molar refractivity (Wildman–Crippen MR) is 150 cm³/mol. The maximum Gasteiger partial charge on any atom is 0.337 e. The highest BCUT2D eigenvalue weighted by Crippen LogP contribution is 2.39. The zero-order valence-electron chi connectivity index (χ0n) is 22.3. The van der Waals surface area contributed by atoms with Gasteiger partial charge in [-0.2, -0.15) is 0 Å². The Hall–Kier alpha value is -4.91. The summed E-state index contributed by atoms with van der Waals surface area (Å²) in [4.78, 5) is 11.9. The fraction of sp³-hybridized carbons (Fsp3) is 0.156. The summed E-state index contributed by atoms with van der Waals surface area (Å²) < 4.78 is 33.6. The van der Waals surface area contributed by atoms with E-state index in [1.165, 1.54) is 7.11 Å². The Morgan fingerprint density at radius 2 is 1.36 bits per heavy atom. The molecule has 7 heteroatoms. The van der Waals surface area contributed by atoms with Crippen LogP contribution in [0.4, 0.5) is 0 Å². The van der Waals surface area contributed by atoms with Gasteiger partial charge in [0.05, 0.1) is 39.6 Å². The first-order valence-corrected chi connectivity index (χ1v) is 12.2. The molecular weight excluding hydrogens is 496 g/mol. The fourth-order valence-corrected chi connectivity index (χ4v) is 3.89. The highest BCUT2D eigenvalue weighted by Gasteiger charge is 2.15. The quantitative estimate of drug-likeness (QED) is 0.153. The van der Waals surface area contributed by atoms with Crippen LogP contribution < -0.4 is 23.7 Å². The second-order valence-electron chi connectivity index (χ2n) is 8.35. The van der Waals surface area contributed by atoms with Crippen LogP contribution in [-0.2, 0) is 11.3 Å². The summed E-state index contributed by atoms with van der Waals surface area (Å²) in [6, 6.07) is 26.0. The number of ether oxygens (including phenoxy) is 6. The second kappa shape index (κ2) is 13.1. The summed E-state index contributed by atoms with van der Waals surface area (Å²) in [6.07, 6.45) is 3.88. The maximum absolute atomic E-state index is 11.9. The molecule has 0 aromatic heterocycles. The molecule has 0 aliphatic carbocycles. The monoisotopic (exact) mass is 526 g/mol. The molecule has 0 radical (unpaired) electrons. The zero-order valence-corrected chi connectivity index (χ0v) is 22.3. The largest absolute Gasteiger partial charge is 0.496 e. The lowest BCUT2D eigenvalue weighted by Gasteiger charge is -2.16.